The molecular weight excluding hydrogens is 462 g/mol. The van der Waals surface area contributed by atoms with Crippen LogP contribution in [0.4, 0.5) is 4.79 Å². The van der Waals surface area contributed by atoms with Gasteiger partial charge in [0.05, 0.1) is 25.8 Å². The molecule has 0 radical (unpaired) electrons. The van der Waals surface area contributed by atoms with E-state index in [1.807, 2.05) is 36.4 Å². The Kier molecular flexibility index (Phi) is 8.09. The molecule has 1 amide bonds. The van der Waals surface area contributed by atoms with E-state index < -0.39 is 38.1 Å². The second-order valence-electron chi connectivity index (χ2n) is 10.9. The summed E-state index contributed by atoms with van der Waals surface area (Å²) < 4.78 is 18.2. The molecule has 1 aliphatic heterocycles. The van der Waals surface area contributed by atoms with E-state index in [1.54, 1.807) is 20.8 Å². The van der Waals surface area contributed by atoms with Crippen molar-refractivity contribution in [2.45, 2.75) is 64.3 Å². The molecule has 8 heteroatoms. The normalized spacial score (nSPS) is 19.3. The topological polar surface area (TPSA) is 85.3 Å². The van der Waals surface area contributed by atoms with Crippen LogP contribution in [0.25, 0.3) is 0 Å². The second kappa shape index (κ2) is 10.5. The van der Waals surface area contributed by atoms with Gasteiger partial charge in [-0.05, 0) is 36.2 Å². The van der Waals surface area contributed by atoms with Crippen molar-refractivity contribution in [1.29, 1.82) is 0 Å². The summed E-state index contributed by atoms with van der Waals surface area (Å²) in [5, 5.41) is 11.5. The summed E-state index contributed by atoms with van der Waals surface area (Å²) in [6, 6.07) is 20.0. The Balaban J connectivity index is 1.98. The molecule has 35 heavy (non-hydrogen) atoms. The Labute approximate surface area is 209 Å². The van der Waals surface area contributed by atoms with Gasteiger partial charge < -0.3 is 19.0 Å². The zero-order valence-corrected chi connectivity index (χ0v) is 22.5. The van der Waals surface area contributed by atoms with Crippen LogP contribution in [-0.4, -0.2) is 67.9 Å². The summed E-state index contributed by atoms with van der Waals surface area (Å²) in [5.41, 5.74) is -0.711. The third-order valence-electron chi connectivity index (χ3n) is 6.11. The van der Waals surface area contributed by atoms with Gasteiger partial charge in [-0.1, -0.05) is 81.4 Å². The lowest BCUT2D eigenvalue weighted by molar-refractivity contribution is -0.159. The van der Waals surface area contributed by atoms with Crippen molar-refractivity contribution < 1.29 is 28.6 Å². The second-order valence-corrected chi connectivity index (χ2v) is 15.2. The molecule has 7 nitrogen and oxygen atoms in total. The molecule has 1 heterocycles. The molecule has 1 N–H and O–H groups in total. The van der Waals surface area contributed by atoms with E-state index in [0.717, 1.165) is 10.4 Å². The average molecular weight is 500 g/mol. The molecule has 1 aliphatic rings. The predicted octanol–water partition coefficient (Wildman–Crippen LogP) is 3.65. The highest BCUT2D eigenvalue weighted by atomic mass is 28.4. The highest BCUT2D eigenvalue weighted by Gasteiger charge is 2.51. The van der Waals surface area contributed by atoms with Crippen LogP contribution < -0.4 is 10.4 Å². The Bertz CT molecular complexity index is 960. The molecule has 3 rings (SSSR count). The standard InChI is InChI=1S/C27H37NO6Si/c1-26(2,3)34-25(31)28-17-23(24(29)30)32-18-20(28)19-33-35(27(4,5)6,21-13-9-7-10-14-21)22-15-11-8-12-16-22/h7-16,20,23H,17-19H2,1-6H3,(H,29,30)/t20-,23+/m1/s1. The van der Waals surface area contributed by atoms with E-state index in [9.17, 15) is 14.7 Å². The van der Waals surface area contributed by atoms with Crippen LogP contribution in [0, 0.1) is 0 Å². The van der Waals surface area contributed by atoms with Crippen LogP contribution >= 0.6 is 0 Å². The lowest BCUT2D eigenvalue weighted by Gasteiger charge is -2.45. The first-order valence-corrected chi connectivity index (χ1v) is 13.8. The third kappa shape index (κ3) is 6.12. The number of benzene rings is 2. The smallest absolute Gasteiger partial charge is 0.410 e. The first-order valence-electron chi connectivity index (χ1n) is 11.9. The molecule has 0 saturated carbocycles. The number of carbonyl (C=O) groups excluding carboxylic acids is 1. The minimum Gasteiger partial charge on any atom is -0.479 e. The molecule has 0 aliphatic carbocycles. The maximum absolute atomic E-state index is 13.1. The molecule has 0 aromatic heterocycles. The summed E-state index contributed by atoms with van der Waals surface area (Å²) >= 11 is 0. The lowest BCUT2D eigenvalue weighted by Crippen LogP contribution is -2.68. The van der Waals surface area contributed by atoms with E-state index in [4.69, 9.17) is 13.9 Å². The third-order valence-corrected chi connectivity index (χ3v) is 11.1. The SMILES string of the molecule is CC(C)(C)OC(=O)N1C[C@@H](C(=O)O)OC[C@@H]1CO[Si](c1ccccc1)(c1ccccc1)C(C)(C)C. The van der Waals surface area contributed by atoms with Crippen LogP contribution in [0.15, 0.2) is 60.7 Å². The number of carboxylic acid groups (broad SMARTS) is 1. The molecule has 1 saturated heterocycles. The monoisotopic (exact) mass is 499 g/mol. The van der Waals surface area contributed by atoms with Crippen molar-refractivity contribution in [1.82, 2.24) is 4.90 Å². The Morgan fingerprint density at radius 2 is 1.49 bits per heavy atom. The van der Waals surface area contributed by atoms with Gasteiger partial charge in [-0.3, -0.25) is 4.90 Å². The predicted molar refractivity (Wildman–Crippen MR) is 138 cm³/mol. The zero-order chi connectivity index (χ0) is 25.9. The van der Waals surface area contributed by atoms with E-state index in [0.29, 0.717) is 0 Å². The Morgan fingerprint density at radius 1 is 0.971 bits per heavy atom. The van der Waals surface area contributed by atoms with E-state index in [2.05, 4.69) is 45.0 Å². The van der Waals surface area contributed by atoms with E-state index in [-0.39, 0.29) is 24.8 Å². The molecule has 190 valence electrons. The van der Waals surface area contributed by atoms with Gasteiger partial charge in [0.1, 0.15) is 5.60 Å². The first kappa shape index (κ1) is 26.9. The minimum atomic E-state index is -2.83. The van der Waals surface area contributed by atoms with Crippen molar-refractivity contribution in [3.8, 4) is 0 Å². The fourth-order valence-corrected chi connectivity index (χ4v) is 9.11. The van der Waals surface area contributed by atoms with Crippen LogP contribution in [0.3, 0.4) is 0 Å². The summed E-state index contributed by atoms with van der Waals surface area (Å²) in [6.07, 6.45) is -1.67. The van der Waals surface area contributed by atoms with Crippen LogP contribution in [0.2, 0.25) is 5.04 Å². The largest absolute Gasteiger partial charge is 0.479 e. The van der Waals surface area contributed by atoms with Crippen LogP contribution in [-0.2, 0) is 18.7 Å². The zero-order valence-electron chi connectivity index (χ0n) is 21.5. The molecular formula is C27H37NO6Si. The van der Waals surface area contributed by atoms with E-state index in [1.165, 1.54) is 4.90 Å². The molecule has 2 aromatic rings. The highest BCUT2D eigenvalue weighted by Crippen LogP contribution is 2.37. The van der Waals surface area contributed by atoms with Crippen molar-refractivity contribution in [3.63, 3.8) is 0 Å². The number of ether oxygens (including phenoxy) is 2. The Morgan fingerprint density at radius 3 is 1.91 bits per heavy atom. The number of hydrogen-bond donors (Lipinski definition) is 1. The van der Waals surface area contributed by atoms with Gasteiger partial charge in [0, 0.05) is 0 Å². The molecule has 2 aromatic carbocycles. The Hall–Kier alpha value is -2.68. The van der Waals surface area contributed by atoms with Crippen LogP contribution in [0.5, 0.6) is 0 Å². The van der Waals surface area contributed by atoms with Crippen molar-refractivity contribution in [3.05, 3.63) is 60.7 Å². The number of hydrogen-bond acceptors (Lipinski definition) is 5. The molecule has 0 bridgehead atoms. The van der Waals surface area contributed by atoms with Crippen molar-refractivity contribution in [2.24, 2.45) is 0 Å². The van der Waals surface area contributed by atoms with E-state index >= 15 is 0 Å². The van der Waals surface area contributed by atoms with Gasteiger partial charge >= 0.3 is 12.1 Å². The number of rotatable bonds is 6. The number of aliphatic carboxylic acids is 1. The number of carboxylic acids is 1. The highest BCUT2D eigenvalue weighted by molar-refractivity contribution is 6.99. The van der Waals surface area contributed by atoms with Crippen LogP contribution in [0.1, 0.15) is 41.5 Å². The number of morpholine rings is 1. The number of nitrogens with zero attached hydrogens (tertiary/aromatic N) is 1. The van der Waals surface area contributed by atoms with Gasteiger partial charge in [-0.15, -0.1) is 0 Å². The fourth-order valence-electron chi connectivity index (χ4n) is 4.51. The molecule has 0 unspecified atom stereocenters. The summed E-state index contributed by atoms with van der Waals surface area (Å²) in [7, 11) is -2.83. The van der Waals surface area contributed by atoms with Gasteiger partial charge in [-0.2, -0.15) is 0 Å². The van der Waals surface area contributed by atoms with Crippen molar-refractivity contribution in [2.75, 3.05) is 19.8 Å². The van der Waals surface area contributed by atoms with Gasteiger partial charge in [-0.25, -0.2) is 9.59 Å². The molecule has 0 spiro atoms. The molecule has 1 fully saturated rings. The first-order chi connectivity index (χ1) is 16.3. The fraction of sp³-hybridized carbons (Fsp3) is 0.481. The quantitative estimate of drug-likeness (QED) is 0.611. The summed E-state index contributed by atoms with van der Waals surface area (Å²) in [4.78, 5) is 26.1. The van der Waals surface area contributed by atoms with Gasteiger partial charge in [0.15, 0.2) is 6.10 Å². The summed E-state index contributed by atoms with van der Waals surface area (Å²) in [6.45, 7) is 12.1. The average Bonchev–Trinajstić information content (AvgIpc) is 2.79. The van der Waals surface area contributed by atoms with Gasteiger partial charge in [0.2, 0.25) is 0 Å². The maximum atomic E-state index is 13.1. The van der Waals surface area contributed by atoms with Crippen molar-refractivity contribution >= 4 is 30.8 Å². The minimum absolute atomic E-state index is 0.0500. The number of amides is 1. The van der Waals surface area contributed by atoms with Gasteiger partial charge in [0.25, 0.3) is 8.32 Å². The lowest BCUT2D eigenvalue weighted by atomic mass is 10.2. The maximum Gasteiger partial charge on any atom is 0.410 e. The molecule has 2 atom stereocenters. The number of carbonyl (C=O) groups is 2. The summed E-state index contributed by atoms with van der Waals surface area (Å²) in [5.74, 6) is -1.11.